The van der Waals surface area contributed by atoms with E-state index in [4.69, 9.17) is 5.21 Å². The number of aryl methyl sites for hydroxylation is 1. The second-order valence-electron chi connectivity index (χ2n) is 4.36. The van der Waals surface area contributed by atoms with E-state index in [-0.39, 0.29) is 0 Å². The van der Waals surface area contributed by atoms with Gasteiger partial charge in [0.2, 0.25) is 0 Å². The summed E-state index contributed by atoms with van der Waals surface area (Å²) in [4.78, 5) is 4.56. The van der Waals surface area contributed by atoms with E-state index < -0.39 is 0 Å². The summed E-state index contributed by atoms with van der Waals surface area (Å²) < 4.78 is 0. The van der Waals surface area contributed by atoms with Gasteiger partial charge in [0.25, 0.3) is 0 Å². The Morgan fingerprint density at radius 1 is 1.29 bits per heavy atom. The molecule has 0 radical (unpaired) electrons. The van der Waals surface area contributed by atoms with Gasteiger partial charge >= 0.3 is 0 Å². The molecule has 3 N–H and O–H groups in total. The molecule has 3 aromatic rings. The lowest BCUT2D eigenvalue weighted by Crippen LogP contribution is -1.94. The predicted molar refractivity (Wildman–Crippen MR) is 64.6 cm³/mol. The Labute approximate surface area is 96.1 Å². The largest absolute Gasteiger partial charge is 0.411 e. The number of hydrogen-bond acceptors (Lipinski definition) is 3. The zero-order valence-electron chi connectivity index (χ0n) is 8.99. The molecule has 0 saturated heterocycles. The first-order valence-electron chi connectivity index (χ1n) is 5.56. The lowest BCUT2D eigenvalue weighted by atomic mass is 10.1. The van der Waals surface area contributed by atoms with E-state index in [0.29, 0.717) is 5.71 Å². The van der Waals surface area contributed by atoms with Crippen molar-refractivity contribution in [2.75, 3.05) is 0 Å². The standard InChI is InChI=1S/C12H10N4O/c17-16-9-2-1-7-8-4-10-6(5-13-15-10)3-11(8)14-12(7)9/h3-5,13,15,17H,1-2H2/b16-9+. The number of oxime groups is 1. The van der Waals surface area contributed by atoms with Gasteiger partial charge in [-0.2, -0.15) is 0 Å². The van der Waals surface area contributed by atoms with Gasteiger partial charge in [0.05, 0.1) is 16.7 Å². The third-order valence-corrected chi connectivity index (χ3v) is 3.45. The Kier molecular flexibility index (Phi) is 1.49. The zero-order valence-corrected chi connectivity index (χ0v) is 8.99. The average molecular weight is 226 g/mol. The maximum atomic E-state index is 8.92. The van der Waals surface area contributed by atoms with E-state index in [1.54, 1.807) is 0 Å². The third kappa shape index (κ3) is 1.03. The number of nitrogens with zero attached hydrogens (tertiary/aromatic N) is 2. The van der Waals surface area contributed by atoms with Crippen molar-refractivity contribution >= 4 is 27.5 Å². The van der Waals surface area contributed by atoms with Crippen molar-refractivity contribution in [3.8, 4) is 0 Å². The van der Waals surface area contributed by atoms with E-state index in [1.807, 2.05) is 12.3 Å². The molecule has 0 fully saturated rings. The topological polar surface area (TPSA) is 77.1 Å². The van der Waals surface area contributed by atoms with Crippen molar-refractivity contribution in [2.45, 2.75) is 12.8 Å². The number of H-pyrrole nitrogens is 2. The molecule has 0 unspecified atom stereocenters. The summed E-state index contributed by atoms with van der Waals surface area (Å²) in [5.41, 5.74) is 4.80. The van der Waals surface area contributed by atoms with Crippen LogP contribution in [0.1, 0.15) is 17.7 Å². The molecule has 17 heavy (non-hydrogen) atoms. The fourth-order valence-corrected chi connectivity index (χ4v) is 2.62. The highest BCUT2D eigenvalue weighted by atomic mass is 16.4. The Morgan fingerprint density at radius 3 is 3.12 bits per heavy atom. The van der Waals surface area contributed by atoms with Gasteiger partial charge in [0.15, 0.2) is 0 Å². The van der Waals surface area contributed by atoms with Gasteiger partial charge in [-0.25, -0.2) is 4.98 Å². The summed E-state index contributed by atoms with van der Waals surface area (Å²) in [6, 6.07) is 4.15. The number of aromatic nitrogens is 3. The van der Waals surface area contributed by atoms with Crippen LogP contribution < -0.4 is 0 Å². The second kappa shape index (κ2) is 2.88. The zero-order chi connectivity index (χ0) is 11.4. The van der Waals surface area contributed by atoms with E-state index in [1.165, 1.54) is 5.56 Å². The molecule has 0 bridgehead atoms. The Balaban J connectivity index is 2.13. The van der Waals surface area contributed by atoms with Crippen molar-refractivity contribution in [3.05, 3.63) is 29.6 Å². The molecule has 4 rings (SSSR count). The molecular formula is C12H10N4O. The minimum Gasteiger partial charge on any atom is -0.411 e. The van der Waals surface area contributed by atoms with Gasteiger partial charge in [-0.3, -0.25) is 0 Å². The van der Waals surface area contributed by atoms with Gasteiger partial charge in [-0.05, 0) is 30.5 Å². The van der Waals surface area contributed by atoms with Crippen LogP contribution in [0.5, 0.6) is 0 Å². The molecule has 2 aromatic heterocycles. The smallest absolute Gasteiger partial charge is 0.106 e. The summed E-state index contributed by atoms with van der Waals surface area (Å²) >= 11 is 0. The number of aromatic amines is 2. The molecule has 1 aliphatic rings. The molecule has 2 heterocycles. The molecule has 5 heteroatoms. The highest BCUT2D eigenvalue weighted by molar-refractivity contribution is 6.10. The predicted octanol–water partition coefficient (Wildman–Crippen LogP) is 2.17. The van der Waals surface area contributed by atoms with Gasteiger partial charge in [0.1, 0.15) is 5.71 Å². The first kappa shape index (κ1) is 8.81. The molecule has 0 saturated carbocycles. The monoisotopic (exact) mass is 226 g/mol. The number of nitrogens with one attached hydrogen (secondary N) is 2. The average Bonchev–Trinajstić information content (AvgIpc) is 2.99. The fourth-order valence-electron chi connectivity index (χ4n) is 2.62. The minimum absolute atomic E-state index is 0.700. The van der Waals surface area contributed by atoms with Crippen LogP contribution in [0.2, 0.25) is 0 Å². The highest BCUT2D eigenvalue weighted by Gasteiger charge is 2.24. The van der Waals surface area contributed by atoms with Crippen LogP contribution in [-0.4, -0.2) is 26.1 Å². The summed E-state index contributed by atoms with van der Waals surface area (Å²) in [5.74, 6) is 0. The summed E-state index contributed by atoms with van der Waals surface area (Å²) in [7, 11) is 0. The number of rotatable bonds is 0. The summed E-state index contributed by atoms with van der Waals surface area (Å²) in [6.07, 6.45) is 3.59. The second-order valence-corrected chi connectivity index (χ2v) is 4.36. The minimum atomic E-state index is 0.700. The first-order valence-corrected chi connectivity index (χ1v) is 5.56. The Morgan fingerprint density at radius 2 is 2.24 bits per heavy atom. The molecule has 1 aliphatic carbocycles. The maximum absolute atomic E-state index is 8.92. The van der Waals surface area contributed by atoms with Crippen LogP contribution >= 0.6 is 0 Å². The molecule has 0 amide bonds. The molecule has 5 nitrogen and oxygen atoms in total. The Hall–Kier alpha value is -2.30. The number of hydrogen-bond donors (Lipinski definition) is 3. The fraction of sp³-hybridized carbons (Fsp3) is 0.167. The van der Waals surface area contributed by atoms with Gasteiger partial charge in [0, 0.05) is 17.0 Å². The molecule has 0 atom stereocenters. The van der Waals surface area contributed by atoms with Crippen LogP contribution in [0.3, 0.4) is 0 Å². The van der Waals surface area contributed by atoms with Crippen LogP contribution in [0.15, 0.2) is 23.5 Å². The number of benzene rings is 1. The van der Waals surface area contributed by atoms with E-state index in [9.17, 15) is 0 Å². The SMILES string of the molecule is O/N=C1\CCc2c1nc1cc3c[nH][nH]c3cc21. The molecule has 0 spiro atoms. The Bertz CT molecular complexity index is 765. The van der Waals surface area contributed by atoms with Gasteiger partial charge in [-0.15, -0.1) is 0 Å². The van der Waals surface area contributed by atoms with Crippen molar-refractivity contribution < 1.29 is 5.21 Å². The summed E-state index contributed by atoms with van der Waals surface area (Å²) in [5, 5.41) is 20.6. The van der Waals surface area contributed by atoms with E-state index >= 15 is 0 Å². The molecule has 1 aromatic carbocycles. The molecule has 84 valence electrons. The van der Waals surface area contributed by atoms with Crippen molar-refractivity contribution in [1.82, 2.24) is 15.2 Å². The highest BCUT2D eigenvalue weighted by Crippen LogP contribution is 2.32. The van der Waals surface area contributed by atoms with Crippen LogP contribution in [0, 0.1) is 0 Å². The molecule has 0 aliphatic heterocycles. The summed E-state index contributed by atoms with van der Waals surface area (Å²) in [6.45, 7) is 0. The van der Waals surface area contributed by atoms with Crippen LogP contribution in [0.25, 0.3) is 21.8 Å². The normalized spacial score (nSPS) is 17.3. The molecular weight excluding hydrogens is 216 g/mol. The van der Waals surface area contributed by atoms with Crippen LogP contribution in [-0.2, 0) is 6.42 Å². The van der Waals surface area contributed by atoms with Crippen molar-refractivity contribution in [2.24, 2.45) is 5.16 Å². The third-order valence-electron chi connectivity index (χ3n) is 3.45. The van der Waals surface area contributed by atoms with E-state index in [0.717, 1.165) is 40.3 Å². The first-order chi connectivity index (χ1) is 8.36. The van der Waals surface area contributed by atoms with Gasteiger partial charge < -0.3 is 15.4 Å². The van der Waals surface area contributed by atoms with Crippen molar-refractivity contribution in [3.63, 3.8) is 0 Å². The lowest BCUT2D eigenvalue weighted by Gasteiger charge is -1.93. The maximum Gasteiger partial charge on any atom is 0.106 e. The van der Waals surface area contributed by atoms with E-state index in [2.05, 4.69) is 26.4 Å². The number of fused-ring (bicyclic) bond motifs is 4. The van der Waals surface area contributed by atoms with Gasteiger partial charge in [-0.1, -0.05) is 5.16 Å². The lowest BCUT2D eigenvalue weighted by molar-refractivity contribution is 0.318. The van der Waals surface area contributed by atoms with Crippen LogP contribution in [0.4, 0.5) is 0 Å². The van der Waals surface area contributed by atoms with Crippen molar-refractivity contribution in [1.29, 1.82) is 0 Å². The quantitative estimate of drug-likeness (QED) is 0.406.